The van der Waals surface area contributed by atoms with Crippen LogP contribution in [0.5, 0.6) is 11.5 Å². The van der Waals surface area contributed by atoms with E-state index in [0.717, 1.165) is 75.8 Å². The second-order valence-electron chi connectivity index (χ2n) is 15.4. The molecule has 0 amide bonds. The monoisotopic (exact) mass is 858 g/mol. The van der Waals surface area contributed by atoms with Gasteiger partial charge in [0, 0.05) is 32.7 Å². The van der Waals surface area contributed by atoms with Crippen molar-refractivity contribution in [1.82, 2.24) is 0 Å². The van der Waals surface area contributed by atoms with Crippen molar-refractivity contribution in [3.63, 3.8) is 0 Å². The molecule has 0 aliphatic carbocycles. The SMILES string of the molecule is c1ccc(Op2oc3ccc4ccccc4c3c3c(o2)c(COCc2cc4ccccc4c4c2op(Oc2ccccc2)oc2ccc5ccccc5c24)cc2ccccc23)cc1. The molecule has 0 saturated heterocycles. The Morgan fingerprint density at radius 3 is 1.13 bits per heavy atom. The van der Waals surface area contributed by atoms with Crippen LogP contribution in [-0.2, 0) is 18.0 Å². The van der Waals surface area contributed by atoms with E-state index < -0.39 is 16.5 Å². The van der Waals surface area contributed by atoms with Gasteiger partial charge in [0.25, 0.3) is 0 Å². The van der Waals surface area contributed by atoms with Crippen molar-refractivity contribution < 1.29 is 30.6 Å². The summed E-state index contributed by atoms with van der Waals surface area (Å²) in [5, 5.41) is 12.3. The van der Waals surface area contributed by atoms with E-state index in [0.29, 0.717) is 33.8 Å². The van der Waals surface area contributed by atoms with Gasteiger partial charge in [0.05, 0.1) is 13.2 Å². The second-order valence-corrected chi connectivity index (χ2v) is 17.3. The van der Waals surface area contributed by atoms with Gasteiger partial charge in [0.1, 0.15) is 22.7 Å². The molecule has 12 rings (SSSR count). The van der Waals surface area contributed by atoms with Crippen LogP contribution in [0.3, 0.4) is 0 Å². The second kappa shape index (κ2) is 15.8. The summed E-state index contributed by atoms with van der Waals surface area (Å²) in [6.07, 6.45) is 0. The fraction of sp³-hybridized carbons (Fsp3) is 0.0370. The predicted molar refractivity (Wildman–Crippen MR) is 256 cm³/mol. The summed E-state index contributed by atoms with van der Waals surface area (Å²) in [6, 6.07) is 65.3. The fourth-order valence-corrected chi connectivity index (χ4v) is 10.8. The highest BCUT2D eigenvalue weighted by Crippen LogP contribution is 2.45. The molecule has 12 aromatic rings. The minimum atomic E-state index is -1.93. The highest BCUT2D eigenvalue weighted by Gasteiger charge is 2.20. The van der Waals surface area contributed by atoms with E-state index in [-0.39, 0.29) is 13.2 Å². The average Bonchev–Trinajstić information content (AvgIpc) is 3.61. The van der Waals surface area contributed by atoms with Crippen molar-refractivity contribution in [2.45, 2.75) is 13.2 Å². The smallest absolute Gasteiger partial charge is 0.391 e. The topological polar surface area (TPSA) is 80.3 Å². The Balaban J connectivity index is 1.07. The third-order valence-corrected chi connectivity index (χ3v) is 13.6. The summed E-state index contributed by atoms with van der Waals surface area (Å²) in [5.41, 5.74) is 4.43. The summed E-state index contributed by atoms with van der Waals surface area (Å²) >= 11 is 0. The maximum Gasteiger partial charge on any atom is 0.453 e. The van der Waals surface area contributed by atoms with Crippen LogP contribution in [0.1, 0.15) is 11.1 Å². The van der Waals surface area contributed by atoms with Crippen LogP contribution < -0.4 is 9.05 Å². The number of ether oxygens (including phenoxy) is 1. The van der Waals surface area contributed by atoms with Gasteiger partial charge in [-0.2, -0.15) is 0 Å². The summed E-state index contributed by atoms with van der Waals surface area (Å²) in [7, 11) is -3.86. The molecule has 63 heavy (non-hydrogen) atoms. The average molecular weight is 859 g/mol. The number of hydrogen-bond donors (Lipinski definition) is 0. The van der Waals surface area contributed by atoms with Crippen LogP contribution in [0, 0.1) is 0 Å². The Bertz CT molecular complexity index is 3540. The van der Waals surface area contributed by atoms with E-state index in [2.05, 4.69) is 121 Å². The first kappa shape index (κ1) is 37.4. The van der Waals surface area contributed by atoms with Gasteiger partial charge >= 0.3 is 16.5 Å². The molecule has 304 valence electrons. The maximum atomic E-state index is 6.93. The van der Waals surface area contributed by atoms with Gasteiger partial charge in [-0.1, -0.05) is 146 Å². The van der Waals surface area contributed by atoms with Gasteiger partial charge in [-0.3, -0.25) is 0 Å². The van der Waals surface area contributed by atoms with Crippen LogP contribution in [0.2, 0.25) is 0 Å². The Morgan fingerprint density at radius 1 is 0.333 bits per heavy atom. The fourth-order valence-electron chi connectivity index (χ4n) is 8.69. The van der Waals surface area contributed by atoms with E-state index in [1.807, 2.05) is 72.8 Å². The van der Waals surface area contributed by atoms with Crippen LogP contribution >= 0.6 is 16.5 Å². The van der Waals surface area contributed by atoms with Gasteiger partial charge in [-0.05, 0) is 91.6 Å². The normalized spacial score (nSPS) is 12.3. The van der Waals surface area contributed by atoms with E-state index in [4.69, 9.17) is 30.6 Å². The van der Waals surface area contributed by atoms with Gasteiger partial charge in [0.2, 0.25) is 0 Å². The molecule has 2 heterocycles. The highest BCUT2D eigenvalue weighted by molar-refractivity contribution is 7.32. The Morgan fingerprint density at radius 2 is 0.698 bits per heavy atom. The molecule has 0 N–H and O–H groups in total. The van der Waals surface area contributed by atoms with Crippen molar-refractivity contribution >= 4 is 103 Å². The maximum absolute atomic E-state index is 6.93. The molecule has 0 spiro atoms. The lowest BCUT2D eigenvalue weighted by molar-refractivity contribution is 0.108. The highest BCUT2D eigenvalue weighted by atomic mass is 31.1. The van der Waals surface area contributed by atoms with Gasteiger partial charge < -0.3 is 30.6 Å². The lowest BCUT2D eigenvalue weighted by atomic mass is 9.96. The molecule has 0 aliphatic rings. The van der Waals surface area contributed by atoms with E-state index in [1.165, 1.54) is 0 Å². The van der Waals surface area contributed by atoms with Crippen LogP contribution in [0.4, 0.5) is 0 Å². The van der Waals surface area contributed by atoms with Crippen molar-refractivity contribution in [2.24, 2.45) is 0 Å². The first-order chi connectivity index (χ1) is 31.2. The largest absolute Gasteiger partial charge is 0.453 e. The molecular weight excluding hydrogens is 823 g/mol. The third-order valence-electron chi connectivity index (χ3n) is 11.5. The standard InChI is InChI=1S/C54H36O7P2/c1-3-19-41(20-4-1)56-62-58-47-29-27-35-15-7-11-23-43(35)49(47)51-45-25-13-9-17-37(45)31-39(53(51)60-62)33-55-34-40-32-38-18-10-14-26-46(38)52-50-44-24-12-8-16-36(44)28-30-48(50)59-63(61-54(40)52)57-42-21-5-2-6-22-42/h1-32H,33-34H2. The summed E-state index contributed by atoms with van der Waals surface area (Å²) in [6.45, 7) is 0.434. The summed E-state index contributed by atoms with van der Waals surface area (Å²) in [4.78, 5) is 0. The molecule has 0 bridgehead atoms. The van der Waals surface area contributed by atoms with Crippen LogP contribution in [-0.4, -0.2) is 0 Å². The molecule has 0 fully saturated rings. The van der Waals surface area contributed by atoms with Crippen LogP contribution in [0.15, 0.2) is 211 Å². The number of para-hydroxylation sites is 2. The lowest BCUT2D eigenvalue weighted by Crippen LogP contribution is -1.97. The molecule has 10 aromatic carbocycles. The molecule has 9 heteroatoms. The molecule has 2 unspecified atom stereocenters. The summed E-state index contributed by atoms with van der Waals surface area (Å²) in [5.74, 6) is 1.30. The summed E-state index contributed by atoms with van der Waals surface area (Å²) < 4.78 is 47.1. The minimum Gasteiger partial charge on any atom is -0.391 e. The predicted octanol–water partition coefficient (Wildman–Crippen LogP) is 16.9. The zero-order valence-electron chi connectivity index (χ0n) is 33.6. The van der Waals surface area contributed by atoms with Crippen molar-refractivity contribution in [2.75, 3.05) is 0 Å². The molecule has 0 aliphatic heterocycles. The van der Waals surface area contributed by atoms with E-state index >= 15 is 0 Å². The third kappa shape index (κ3) is 6.84. The van der Waals surface area contributed by atoms with Crippen molar-refractivity contribution in [3.8, 4) is 11.5 Å². The number of rotatable bonds is 8. The van der Waals surface area contributed by atoms with Crippen molar-refractivity contribution in [3.05, 3.63) is 205 Å². The van der Waals surface area contributed by atoms with Gasteiger partial charge in [-0.25, -0.2) is 0 Å². The number of hydrogen-bond acceptors (Lipinski definition) is 7. The molecule has 0 radical (unpaired) electrons. The van der Waals surface area contributed by atoms with E-state index in [1.54, 1.807) is 0 Å². The van der Waals surface area contributed by atoms with Crippen LogP contribution in [0.25, 0.3) is 87.0 Å². The number of fused-ring (bicyclic) bond motifs is 14. The van der Waals surface area contributed by atoms with E-state index in [9.17, 15) is 0 Å². The molecule has 7 nitrogen and oxygen atoms in total. The Hall–Kier alpha value is -7.40. The Kier molecular flexibility index (Phi) is 9.38. The molecule has 0 saturated carbocycles. The van der Waals surface area contributed by atoms with Gasteiger partial charge in [0.15, 0.2) is 11.2 Å². The zero-order chi connectivity index (χ0) is 41.7. The first-order valence-electron chi connectivity index (χ1n) is 20.7. The lowest BCUT2D eigenvalue weighted by Gasteiger charge is -2.12. The molecular formula is C54H36O7P2. The number of benzene rings is 10. The molecule has 2 atom stereocenters. The first-order valence-corrected chi connectivity index (χ1v) is 22.9. The minimum absolute atomic E-state index is 0.217. The van der Waals surface area contributed by atoms with Gasteiger partial charge in [-0.15, -0.1) is 0 Å². The quantitative estimate of drug-likeness (QED) is 0.151. The zero-order valence-corrected chi connectivity index (χ0v) is 35.4. The van der Waals surface area contributed by atoms with Crippen molar-refractivity contribution in [1.29, 1.82) is 0 Å². The Labute approximate surface area is 362 Å². The molecule has 2 aromatic heterocycles.